The molecule has 0 saturated heterocycles. The van der Waals surface area contributed by atoms with Crippen molar-refractivity contribution in [2.24, 2.45) is 11.8 Å². The molecular weight excluding hydrogens is 234 g/mol. The Morgan fingerprint density at radius 2 is 1.79 bits per heavy atom. The molecule has 19 heavy (non-hydrogen) atoms. The minimum absolute atomic E-state index is 0.828. The standard InChI is InChI=1S/C16H21N3/c1-12-2-4-13(5-3-12)11-19-14-6-7-15-16(10-14)18-9-8-17-15/h6-10,12-13,19H,2-5,11H2,1H3. The third-order valence-corrected chi connectivity index (χ3v) is 4.20. The summed E-state index contributed by atoms with van der Waals surface area (Å²) in [5.41, 5.74) is 3.08. The SMILES string of the molecule is CC1CCC(CNc2ccc3nccnc3c2)CC1. The quantitative estimate of drug-likeness (QED) is 0.904. The van der Waals surface area contributed by atoms with Crippen LogP contribution in [0.4, 0.5) is 5.69 Å². The molecule has 0 bridgehead atoms. The van der Waals surface area contributed by atoms with Crippen LogP contribution >= 0.6 is 0 Å². The molecule has 1 saturated carbocycles. The molecule has 1 aliphatic rings. The van der Waals surface area contributed by atoms with Gasteiger partial charge in [0.05, 0.1) is 11.0 Å². The molecule has 3 rings (SSSR count). The predicted molar refractivity (Wildman–Crippen MR) is 79.1 cm³/mol. The maximum absolute atomic E-state index is 4.34. The average Bonchev–Trinajstić information content (AvgIpc) is 2.46. The van der Waals surface area contributed by atoms with Gasteiger partial charge in [-0.05, 0) is 42.9 Å². The third kappa shape index (κ3) is 3.03. The largest absolute Gasteiger partial charge is 0.385 e. The van der Waals surface area contributed by atoms with Gasteiger partial charge in [-0.1, -0.05) is 19.8 Å². The number of aromatic nitrogens is 2. The van der Waals surface area contributed by atoms with Gasteiger partial charge in [0.2, 0.25) is 0 Å². The highest BCUT2D eigenvalue weighted by molar-refractivity contribution is 5.78. The van der Waals surface area contributed by atoms with Gasteiger partial charge in [-0.2, -0.15) is 0 Å². The first-order valence-electron chi connectivity index (χ1n) is 7.26. The maximum atomic E-state index is 4.34. The average molecular weight is 255 g/mol. The first-order valence-corrected chi connectivity index (χ1v) is 7.26. The summed E-state index contributed by atoms with van der Waals surface area (Å²) < 4.78 is 0. The van der Waals surface area contributed by atoms with Crippen LogP contribution in [0.5, 0.6) is 0 Å². The molecule has 3 nitrogen and oxygen atoms in total. The number of rotatable bonds is 3. The Balaban J connectivity index is 1.62. The minimum atomic E-state index is 0.828. The Bertz CT molecular complexity index is 544. The van der Waals surface area contributed by atoms with Crippen LogP contribution in [0, 0.1) is 11.8 Å². The van der Waals surface area contributed by atoms with Crippen LogP contribution in [0.15, 0.2) is 30.6 Å². The van der Waals surface area contributed by atoms with Crippen molar-refractivity contribution in [2.45, 2.75) is 32.6 Å². The Hall–Kier alpha value is -1.64. The van der Waals surface area contributed by atoms with Gasteiger partial charge in [0.25, 0.3) is 0 Å². The van der Waals surface area contributed by atoms with E-state index >= 15 is 0 Å². The Labute approximate surface area is 114 Å². The van der Waals surface area contributed by atoms with Crippen LogP contribution in [0.3, 0.4) is 0 Å². The second-order valence-electron chi connectivity index (χ2n) is 5.77. The summed E-state index contributed by atoms with van der Waals surface area (Å²) >= 11 is 0. The first kappa shape index (κ1) is 12.4. The Morgan fingerprint density at radius 1 is 1.05 bits per heavy atom. The van der Waals surface area contributed by atoms with E-state index in [-0.39, 0.29) is 0 Å². The topological polar surface area (TPSA) is 37.8 Å². The molecule has 1 aromatic heterocycles. The zero-order valence-electron chi connectivity index (χ0n) is 11.5. The molecule has 0 atom stereocenters. The number of hydrogen-bond donors (Lipinski definition) is 1. The van der Waals surface area contributed by atoms with Crippen molar-refractivity contribution in [1.82, 2.24) is 9.97 Å². The second-order valence-corrected chi connectivity index (χ2v) is 5.77. The fourth-order valence-corrected chi connectivity index (χ4v) is 2.87. The van der Waals surface area contributed by atoms with Gasteiger partial charge in [0, 0.05) is 24.6 Å². The number of hydrogen-bond acceptors (Lipinski definition) is 3. The van der Waals surface area contributed by atoms with Gasteiger partial charge in [-0.3, -0.25) is 9.97 Å². The molecule has 0 spiro atoms. The second kappa shape index (κ2) is 5.55. The van der Waals surface area contributed by atoms with Gasteiger partial charge in [-0.25, -0.2) is 0 Å². The molecule has 1 N–H and O–H groups in total. The summed E-state index contributed by atoms with van der Waals surface area (Å²) in [6.07, 6.45) is 8.97. The highest BCUT2D eigenvalue weighted by Crippen LogP contribution is 2.28. The molecular formula is C16H21N3. The third-order valence-electron chi connectivity index (χ3n) is 4.20. The van der Waals surface area contributed by atoms with Gasteiger partial charge in [0.15, 0.2) is 0 Å². The lowest BCUT2D eigenvalue weighted by atomic mass is 9.83. The fraction of sp³-hybridized carbons (Fsp3) is 0.500. The van der Waals surface area contributed by atoms with E-state index in [9.17, 15) is 0 Å². The number of anilines is 1. The van der Waals surface area contributed by atoms with E-state index in [0.29, 0.717) is 0 Å². The van der Waals surface area contributed by atoms with Crippen LogP contribution in [0.25, 0.3) is 11.0 Å². The van der Waals surface area contributed by atoms with Crippen molar-refractivity contribution >= 4 is 16.7 Å². The summed E-state index contributed by atoms with van der Waals surface area (Å²) in [5.74, 6) is 1.75. The van der Waals surface area contributed by atoms with Gasteiger partial charge in [0.1, 0.15) is 0 Å². The smallest absolute Gasteiger partial charge is 0.0907 e. The normalized spacial score (nSPS) is 23.4. The summed E-state index contributed by atoms with van der Waals surface area (Å²) in [4.78, 5) is 8.63. The molecule has 1 aromatic carbocycles. The molecule has 2 aromatic rings. The van der Waals surface area contributed by atoms with Crippen LogP contribution in [-0.2, 0) is 0 Å². The number of fused-ring (bicyclic) bond motifs is 1. The molecule has 0 aliphatic heterocycles. The van der Waals surface area contributed by atoms with E-state index in [1.54, 1.807) is 12.4 Å². The highest BCUT2D eigenvalue weighted by Gasteiger charge is 2.17. The van der Waals surface area contributed by atoms with E-state index in [1.807, 2.05) is 6.07 Å². The van der Waals surface area contributed by atoms with Crippen molar-refractivity contribution in [3.63, 3.8) is 0 Å². The summed E-state index contributed by atoms with van der Waals surface area (Å²) in [5, 5.41) is 3.55. The van der Waals surface area contributed by atoms with Crippen molar-refractivity contribution in [3.8, 4) is 0 Å². The van der Waals surface area contributed by atoms with Crippen molar-refractivity contribution in [3.05, 3.63) is 30.6 Å². The monoisotopic (exact) mass is 255 g/mol. The zero-order valence-corrected chi connectivity index (χ0v) is 11.5. The fourth-order valence-electron chi connectivity index (χ4n) is 2.87. The van der Waals surface area contributed by atoms with Crippen molar-refractivity contribution < 1.29 is 0 Å². The minimum Gasteiger partial charge on any atom is -0.385 e. The van der Waals surface area contributed by atoms with E-state index in [2.05, 4.69) is 34.3 Å². The molecule has 1 fully saturated rings. The molecule has 1 heterocycles. The number of benzene rings is 1. The highest BCUT2D eigenvalue weighted by atomic mass is 14.9. The zero-order chi connectivity index (χ0) is 13.1. The lowest BCUT2D eigenvalue weighted by molar-refractivity contribution is 0.300. The number of nitrogens with one attached hydrogen (secondary N) is 1. The van der Waals surface area contributed by atoms with E-state index in [0.717, 1.165) is 35.1 Å². The summed E-state index contributed by atoms with van der Waals surface area (Å²) in [6.45, 7) is 3.45. The predicted octanol–water partition coefficient (Wildman–Crippen LogP) is 3.87. The Morgan fingerprint density at radius 3 is 2.58 bits per heavy atom. The molecule has 100 valence electrons. The molecule has 0 unspecified atom stereocenters. The molecule has 0 amide bonds. The van der Waals surface area contributed by atoms with Gasteiger partial charge < -0.3 is 5.32 Å². The maximum Gasteiger partial charge on any atom is 0.0907 e. The lowest BCUT2D eigenvalue weighted by Crippen LogP contribution is -2.20. The van der Waals surface area contributed by atoms with Crippen molar-refractivity contribution in [2.75, 3.05) is 11.9 Å². The van der Waals surface area contributed by atoms with Crippen molar-refractivity contribution in [1.29, 1.82) is 0 Å². The van der Waals surface area contributed by atoms with Crippen LogP contribution in [0.1, 0.15) is 32.6 Å². The van der Waals surface area contributed by atoms with E-state index in [1.165, 1.54) is 25.7 Å². The molecule has 3 heteroatoms. The molecule has 1 aliphatic carbocycles. The van der Waals surface area contributed by atoms with Crippen LogP contribution in [0.2, 0.25) is 0 Å². The van der Waals surface area contributed by atoms with Gasteiger partial charge in [-0.15, -0.1) is 0 Å². The molecule has 0 radical (unpaired) electrons. The summed E-state index contributed by atoms with van der Waals surface area (Å²) in [7, 11) is 0. The lowest BCUT2D eigenvalue weighted by Gasteiger charge is -2.26. The van der Waals surface area contributed by atoms with Crippen LogP contribution < -0.4 is 5.32 Å². The summed E-state index contributed by atoms with van der Waals surface area (Å²) in [6, 6.07) is 6.23. The number of nitrogens with zero attached hydrogens (tertiary/aromatic N) is 2. The van der Waals surface area contributed by atoms with Gasteiger partial charge >= 0.3 is 0 Å². The van der Waals surface area contributed by atoms with E-state index in [4.69, 9.17) is 0 Å². The van der Waals surface area contributed by atoms with Crippen LogP contribution in [-0.4, -0.2) is 16.5 Å². The van der Waals surface area contributed by atoms with E-state index < -0.39 is 0 Å². The first-order chi connectivity index (χ1) is 9.31. The Kier molecular flexibility index (Phi) is 3.62.